The third kappa shape index (κ3) is 4.88. The van der Waals surface area contributed by atoms with Crippen LogP contribution in [0.15, 0.2) is 48.1 Å². The molecule has 0 saturated carbocycles. The van der Waals surface area contributed by atoms with Gasteiger partial charge in [-0.3, -0.25) is 9.80 Å². The minimum absolute atomic E-state index is 0.0154. The summed E-state index contributed by atoms with van der Waals surface area (Å²) in [4.78, 5) is 19.9. The molecule has 1 aliphatic rings. The average molecular weight is 396 g/mol. The lowest BCUT2D eigenvalue weighted by atomic mass is 10.1. The number of aromatic nitrogens is 2. The van der Waals surface area contributed by atoms with Crippen LogP contribution in [0.5, 0.6) is 5.75 Å². The Morgan fingerprint density at radius 2 is 2.00 bits per heavy atom. The first-order chi connectivity index (χ1) is 12.9. The molecule has 0 bridgehead atoms. The number of amides is 1. The molecule has 0 radical (unpaired) electrons. The highest BCUT2D eigenvalue weighted by molar-refractivity contribution is 6.20. The number of rotatable bonds is 5. The van der Waals surface area contributed by atoms with Crippen molar-refractivity contribution < 1.29 is 18.3 Å². The Balaban J connectivity index is 1.73. The lowest BCUT2D eigenvalue weighted by Gasteiger charge is -2.16. The van der Waals surface area contributed by atoms with E-state index in [9.17, 15) is 13.6 Å². The van der Waals surface area contributed by atoms with Gasteiger partial charge in [-0.25, -0.2) is 9.97 Å². The number of hydrogen-bond donors (Lipinski definition) is 1. The largest absolute Gasteiger partial charge is 0.487 e. The quantitative estimate of drug-likeness (QED) is 0.786. The Hall–Kier alpha value is -2.81. The van der Waals surface area contributed by atoms with Gasteiger partial charge >= 0.3 is 5.57 Å². The molecular weight excluding hydrogens is 380 g/mol. The zero-order chi connectivity index (χ0) is 19.4. The molecule has 0 fully saturated rings. The van der Waals surface area contributed by atoms with Gasteiger partial charge in [0.25, 0.3) is 5.91 Å². The third-order valence-electron chi connectivity index (χ3n) is 3.93. The van der Waals surface area contributed by atoms with E-state index >= 15 is 0 Å². The van der Waals surface area contributed by atoms with Crippen LogP contribution in [0.2, 0.25) is 0 Å². The number of alkyl halides is 3. The highest BCUT2D eigenvalue weighted by Gasteiger charge is 2.29. The summed E-state index contributed by atoms with van der Waals surface area (Å²) >= 11 is 4.75. The molecule has 1 N–H and O–H groups in total. The Kier molecular flexibility index (Phi) is 5.50. The predicted octanol–water partition coefficient (Wildman–Crippen LogP) is 3.23. The lowest BCUT2D eigenvalue weighted by Crippen LogP contribution is -2.34. The Morgan fingerprint density at radius 3 is 2.59 bits per heavy atom. The smallest absolute Gasteiger partial charge is 0.420 e. The molecule has 3 rings (SSSR count). The van der Waals surface area contributed by atoms with Gasteiger partial charge in [-0.05, 0) is 30.7 Å². The van der Waals surface area contributed by atoms with Crippen LogP contribution >= 0.6 is 11.6 Å². The number of hydrogen-bond acceptors (Lipinski definition) is 6. The SMILES string of the molecule is CC[C@H]1CN(c2ccc(OC(F)(F)Cl)cc2)N=C1NC(=O)c1cncnc1. The minimum atomic E-state index is -3.76. The van der Waals surface area contributed by atoms with E-state index in [0.29, 0.717) is 23.6 Å². The van der Waals surface area contributed by atoms with Gasteiger partial charge in [0.2, 0.25) is 0 Å². The van der Waals surface area contributed by atoms with E-state index < -0.39 is 5.57 Å². The highest BCUT2D eigenvalue weighted by atomic mass is 35.5. The number of anilines is 1. The van der Waals surface area contributed by atoms with E-state index in [1.807, 2.05) is 6.92 Å². The number of hydrazone groups is 1. The number of ether oxygens (including phenoxy) is 1. The predicted molar refractivity (Wildman–Crippen MR) is 95.9 cm³/mol. The van der Waals surface area contributed by atoms with Crippen LogP contribution < -0.4 is 15.1 Å². The summed E-state index contributed by atoms with van der Waals surface area (Å²) in [5.41, 5.74) is -2.76. The molecule has 1 aromatic carbocycles. The van der Waals surface area contributed by atoms with Crippen LogP contribution in [0.4, 0.5) is 14.5 Å². The van der Waals surface area contributed by atoms with Gasteiger partial charge in [-0.15, -0.1) is 8.78 Å². The Bertz CT molecular complexity index is 827. The number of nitrogens with zero attached hydrogens (tertiary/aromatic N) is 4. The first-order valence-electron chi connectivity index (χ1n) is 8.14. The molecule has 1 atom stereocenters. The second-order valence-electron chi connectivity index (χ2n) is 5.80. The van der Waals surface area contributed by atoms with E-state index in [1.54, 1.807) is 17.1 Å². The molecule has 0 saturated heterocycles. The maximum atomic E-state index is 12.7. The molecule has 1 aliphatic heterocycles. The monoisotopic (exact) mass is 395 g/mol. The molecule has 1 amide bonds. The molecule has 2 heterocycles. The molecule has 2 aromatic rings. The number of carbonyl (C=O) groups is 1. The molecule has 27 heavy (non-hydrogen) atoms. The summed E-state index contributed by atoms with van der Waals surface area (Å²) in [6.07, 6.45) is 4.94. The van der Waals surface area contributed by atoms with Crippen molar-refractivity contribution in [3.63, 3.8) is 0 Å². The van der Waals surface area contributed by atoms with Gasteiger partial charge in [0, 0.05) is 29.9 Å². The number of carbonyl (C=O) groups excluding carboxylic acids is 1. The number of nitrogens with one attached hydrogen (secondary N) is 1. The third-order valence-corrected chi connectivity index (χ3v) is 4.01. The number of halogens is 3. The maximum absolute atomic E-state index is 12.7. The fraction of sp³-hybridized carbons (Fsp3) is 0.294. The van der Waals surface area contributed by atoms with E-state index in [2.05, 4.69) is 25.1 Å². The normalized spacial score (nSPS) is 16.8. The van der Waals surface area contributed by atoms with Crippen molar-refractivity contribution in [2.75, 3.05) is 11.6 Å². The number of benzene rings is 1. The van der Waals surface area contributed by atoms with Crippen LogP contribution in [0, 0.1) is 5.92 Å². The van der Waals surface area contributed by atoms with Crippen LogP contribution in [0.3, 0.4) is 0 Å². The summed E-state index contributed by atoms with van der Waals surface area (Å²) in [6.45, 7) is 2.53. The Labute approximate surface area is 159 Å². The van der Waals surface area contributed by atoms with E-state index in [-0.39, 0.29) is 17.6 Å². The molecule has 0 spiro atoms. The molecule has 0 aliphatic carbocycles. The second-order valence-corrected chi connectivity index (χ2v) is 6.24. The molecule has 0 unspecified atom stereocenters. The zero-order valence-electron chi connectivity index (χ0n) is 14.3. The molecule has 7 nitrogen and oxygen atoms in total. The average Bonchev–Trinajstić information content (AvgIpc) is 3.04. The zero-order valence-corrected chi connectivity index (χ0v) is 15.0. The molecule has 142 valence electrons. The standard InChI is InChI=1S/C17H16ClF2N5O2/c1-2-11-9-25(13-3-5-14(6-4-13)27-17(18,19)20)24-15(11)23-16(26)12-7-21-10-22-8-12/h3-8,10-11H,2,9H2,1H3,(H,23,24,26)/t11-/m0/s1. The first kappa shape index (κ1) is 19.0. The second kappa shape index (κ2) is 7.83. The number of amidine groups is 1. The van der Waals surface area contributed by atoms with E-state index in [0.717, 1.165) is 6.42 Å². The summed E-state index contributed by atoms with van der Waals surface area (Å²) in [5, 5.41) is 8.92. The summed E-state index contributed by atoms with van der Waals surface area (Å²) in [6, 6.07) is 5.92. The van der Waals surface area contributed by atoms with Crippen molar-refractivity contribution >= 4 is 29.0 Å². The van der Waals surface area contributed by atoms with E-state index in [4.69, 9.17) is 11.6 Å². The summed E-state index contributed by atoms with van der Waals surface area (Å²) in [5.74, 6) is 0.134. The lowest BCUT2D eigenvalue weighted by molar-refractivity contribution is -0.0964. The summed E-state index contributed by atoms with van der Waals surface area (Å²) in [7, 11) is 0. The fourth-order valence-electron chi connectivity index (χ4n) is 2.59. The van der Waals surface area contributed by atoms with Crippen molar-refractivity contribution in [1.82, 2.24) is 15.3 Å². The van der Waals surface area contributed by atoms with Crippen molar-refractivity contribution in [1.29, 1.82) is 0 Å². The fourth-order valence-corrected chi connectivity index (χ4v) is 2.67. The minimum Gasteiger partial charge on any atom is -0.420 e. The molecular formula is C17H16ClF2N5O2. The first-order valence-corrected chi connectivity index (χ1v) is 8.51. The van der Waals surface area contributed by atoms with Gasteiger partial charge in [0.15, 0.2) is 0 Å². The van der Waals surface area contributed by atoms with Gasteiger partial charge in [-0.1, -0.05) is 6.92 Å². The van der Waals surface area contributed by atoms with Gasteiger partial charge in [0.05, 0.1) is 17.8 Å². The summed E-state index contributed by atoms with van der Waals surface area (Å²) < 4.78 is 29.7. The maximum Gasteiger partial charge on any atom is 0.487 e. The Morgan fingerprint density at radius 1 is 1.33 bits per heavy atom. The van der Waals surface area contributed by atoms with Crippen LogP contribution in [-0.2, 0) is 0 Å². The van der Waals surface area contributed by atoms with Crippen LogP contribution in [0.1, 0.15) is 23.7 Å². The van der Waals surface area contributed by atoms with Crippen molar-refractivity contribution in [2.45, 2.75) is 18.9 Å². The van der Waals surface area contributed by atoms with Crippen molar-refractivity contribution in [3.8, 4) is 5.75 Å². The molecule has 1 aromatic heterocycles. The van der Waals surface area contributed by atoms with Gasteiger partial charge in [-0.2, -0.15) is 5.10 Å². The van der Waals surface area contributed by atoms with Crippen LogP contribution in [0.25, 0.3) is 0 Å². The van der Waals surface area contributed by atoms with Crippen molar-refractivity contribution in [2.24, 2.45) is 11.0 Å². The molecule has 10 heteroatoms. The van der Waals surface area contributed by atoms with E-state index in [1.165, 1.54) is 30.9 Å². The highest BCUT2D eigenvalue weighted by Crippen LogP contribution is 2.29. The van der Waals surface area contributed by atoms with Crippen LogP contribution in [-0.4, -0.2) is 33.8 Å². The van der Waals surface area contributed by atoms with Crippen molar-refractivity contribution in [3.05, 3.63) is 48.5 Å². The van der Waals surface area contributed by atoms with Gasteiger partial charge < -0.3 is 10.1 Å². The van der Waals surface area contributed by atoms with Gasteiger partial charge in [0.1, 0.15) is 17.9 Å². The topological polar surface area (TPSA) is 79.7 Å².